The van der Waals surface area contributed by atoms with Gasteiger partial charge in [-0.25, -0.2) is 4.98 Å². The van der Waals surface area contributed by atoms with Crippen LogP contribution in [0, 0.1) is 12.8 Å². The quantitative estimate of drug-likeness (QED) is 0.919. The van der Waals surface area contributed by atoms with E-state index in [0.29, 0.717) is 6.54 Å². The Morgan fingerprint density at radius 3 is 2.88 bits per heavy atom. The number of furan rings is 1. The summed E-state index contributed by atoms with van der Waals surface area (Å²) in [5.41, 5.74) is 6.12. The number of aryl methyl sites for hydroxylation is 1. The Hall–Kier alpha value is -2.15. The summed E-state index contributed by atoms with van der Waals surface area (Å²) in [7, 11) is 0. The highest BCUT2D eigenvalue weighted by atomic mass is 32.1. The second kappa shape index (κ2) is 6.76. The van der Waals surface area contributed by atoms with E-state index in [1.807, 2.05) is 31.4 Å². The number of amides is 2. The van der Waals surface area contributed by atoms with E-state index in [4.69, 9.17) is 10.2 Å². The van der Waals surface area contributed by atoms with Crippen molar-refractivity contribution in [2.24, 2.45) is 11.7 Å². The monoisotopic (exact) mass is 347 g/mol. The van der Waals surface area contributed by atoms with Gasteiger partial charge in [-0.2, -0.15) is 0 Å². The van der Waals surface area contributed by atoms with Gasteiger partial charge in [0.25, 0.3) is 0 Å². The zero-order chi connectivity index (χ0) is 17.3. The summed E-state index contributed by atoms with van der Waals surface area (Å²) in [5, 5.41) is 2.65. The third-order valence-corrected chi connectivity index (χ3v) is 5.35. The lowest BCUT2D eigenvalue weighted by Gasteiger charge is -2.36. The molecule has 1 fully saturated rings. The Labute approximate surface area is 144 Å². The molecule has 0 aliphatic carbocycles. The number of hydrogen-bond acceptors (Lipinski definition) is 5. The molecule has 1 saturated heterocycles. The Morgan fingerprint density at radius 2 is 2.21 bits per heavy atom. The highest BCUT2D eigenvalue weighted by molar-refractivity contribution is 7.13. The molecule has 1 aliphatic heterocycles. The van der Waals surface area contributed by atoms with E-state index in [0.717, 1.165) is 35.1 Å². The highest BCUT2D eigenvalue weighted by Gasteiger charge is 2.31. The second-order valence-electron chi connectivity index (χ2n) is 6.30. The van der Waals surface area contributed by atoms with Crippen molar-refractivity contribution in [2.45, 2.75) is 39.2 Å². The number of thiazole rings is 1. The van der Waals surface area contributed by atoms with Crippen LogP contribution in [0.3, 0.4) is 0 Å². The van der Waals surface area contributed by atoms with Crippen molar-refractivity contribution < 1.29 is 14.0 Å². The fourth-order valence-corrected chi connectivity index (χ4v) is 3.77. The second-order valence-corrected chi connectivity index (χ2v) is 7.16. The van der Waals surface area contributed by atoms with Gasteiger partial charge < -0.3 is 15.1 Å². The van der Waals surface area contributed by atoms with Crippen LogP contribution in [-0.4, -0.2) is 34.3 Å². The van der Waals surface area contributed by atoms with Crippen LogP contribution in [0.25, 0.3) is 10.8 Å². The van der Waals surface area contributed by atoms with Gasteiger partial charge in [0.1, 0.15) is 5.76 Å². The Kier molecular flexibility index (Phi) is 4.71. The van der Waals surface area contributed by atoms with Crippen LogP contribution >= 0.6 is 11.3 Å². The molecule has 3 rings (SSSR count). The van der Waals surface area contributed by atoms with E-state index in [1.165, 1.54) is 11.3 Å². The average Bonchev–Trinajstić information content (AvgIpc) is 3.16. The van der Waals surface area contributed by atoms with E-state index in [2.05, 4.69) is 4.98 Å². The molecule has 7 heteroatoms. The summed E-state index contributed by atoms with van der Waals surface area (Å²) < 4.78 is 5.56. The zero-order valence-corrected chi connectivity index (χ0v) is 14.6. The lowest BCUT2D eigenvalue weighted by molar-refractivity contribution is -0.137. The predicted molar refractivity (Wildman–Crippen MR) is 91.4 cm³/mol. The maximum atomic E-state index is 12.6. The minimum absolute atomic E-state index is 0.0130. The molecule has 2 N–H and O–H groups in total. The first-order chi connectivity index (χ1) is 11.4. The molecule has 0 radical (unpaired) electrons. The predicted octanol–water partition coefficient (Wildman–Crippen LogP) is 2.37. The molecule has 2 atom stereocenters. The van der Waals surface area contributed by atoms with Crippen molar-refractivity contribution in [3.05, 3.63) is 29.0 Å². The van der Waals surface area contributed by atoms with Crippen molar-refractivity contribution in [1.29, 1.82) is 0 Å². The molecule has 1 aliphatic rings. The first-order valence-corrected chi connectivity index (χ1v) is 8.92. The van der Waals surface area contributed by atoms with Crippen LogP contribution in [-0.2, 0) is 16.0 Å². The van der Waals surface area contributed by atoms with Crippen LogP contribution in [0.4, 0.5) is 0 Å². The van der Waals surface area contributed by atoms with Crippen LogP contribution in [0.5, 0.6) is 0 Å². The summed E-state index contributed by atoms with van der Waals surface area (Å²) >= 11 is 1.46. The number of hydrogen-bond donors (Lipinski definition) is 1. The van der Waals surface area contributed by atoms with E-state index in [-0.39, 0.29) is 30.2 Å². The van der Waals surface area contributed by atoms with E-state index >= 15 is 0 Å². The molecule has 6 nitrogen and oxygen atoms in total. The Morgan fingerprint density at radius 1 is 1.42 bits per heavy atom. The molecule has 2 aromatic heterocycles. The number of nitrogens with two attached hydrogens (primary N) is 1. The van der Waals surface area contributed by atoms with Crippen molar-refractivity contribution in [1.82, 2.24) is 9.88 Å². The number of nitrogens with zero attached hydrogens (tertiary/aromatic N) is 2. The van der Waals surface area contributed by atoms with Gasteiger partial charge in [-0.05, 0) is 38.8 Å². The van der Waals surface area contributed by atoms with Crippen molar-refractivity contribution in [3.8, 4) is 10.8 Å². The van der Waals surface area contributed by atoms with Crippen molar-refractivity contribution in [2.75, 3.05) is 6.54 Å². The molecule has 24 heavy (non-hydrogen) atoms. The number of carbonyl (C=O) groups is 2. The van der Waals surface area contributed by atoms with Gasteiger partial charge in [0.2, 0.25) is 11.8 Å². The summed E-state index contributed by atoms with van der Waals surface area (Å²) in [4.78, 5) is 30.3. The minimum atomic E-state index is -0.330. The SMILES string of the molecule is Cc1ccc(-c2nc(CC(=O)N3C[C@@H](C(N)=O)CC[C@@H]3C)cs2)o1. The van der Waals surface area contributed by atoms with Gasteiger partial charge in [-0.15, -0.1) is 11.3 Å². The first-order valence-electron chi connectivity index (χ1n) is 8.04. The smallest absolute Gasteiger partial charge is 0.228 e. The van der Waals surface area contributed by atoms with E-state index in [1.54, 1.807) is 4.90 Å². The molecule has 0 spiro atoms. The summed E-state index contributed by atoms with van der Waals surface area (Å²) in [6.07, 6.45) is 1.78. The lowest BCUT2D eigenvalue weighted by atomic mass is 9.92. The number of rotatable bonds is 4. The maximum absolute atomic E-state index is 12.6. The van der Waals surface area contributed by atoms with Crippen LogP contribution in [0.2, 0.25) is 0 Å². The third kappa shape index (κ3) is 3.51. The molecule has 3 heterocycles. The fourth-order valence-electron chi connectivity index (χ4n) is 2.99. The zero-order valence-electron chi connectivity index (χ0n) is 13.8. The molecule has 0 unspecified atom stereocenters. The normalized spacial score (nSPS) is 21.0. The topological polar surface area (TPSA) is 89.4 Å². The highest BCUT2D eigenvalue weighted by Crippen LogP contribution is 2.27. The molecule has 0 saturated carbocycles. The summed E-state index contributed by atoms with van der Waals surface area (Å²) in [6.45, 7) is 4.30. The summed E-state index contributed by atoms with van der Waals surface area (Å²) in [5.74, 6) is 0.959. The van der Waals surface area contributed by atoms with Crippen LogP contribution in [0.1, 0.15) is 31.2 Å². The minimum Gasteiger partial charge on any atom is -0.459 e. The molecule has 2 amide bonds. The number of likely N-dealkylation sites (tertiary alicyclic amines) is 1. The largest absolute Gasteiger partial charge is 0.459 e. The Balaban J connectivity index is 1.68. The lowest BCUT2D eigenvalue weighted by Crippen LogP contribution is -2.49. The van der Waals surface area contributed by atoms with E-state index in [9.17, 15) is 9.59 Å². The molecule has 0 aromatic carbocycles. The van der Waals surface area contributed by atoms with Crippen LogP contribution in [0.15, 0.2) is 21.9 Å². The molecular weight excluding hydrogens is 326 g/mol. The average molecular weight is 347 g/mol. The fraction of sp³-hybridized carbons (Fsp3) is 0.471. The maximum Gasteiger partial charge on any atom is 0.228 e. The molecule has 128 valence electrons. The van der Waals surface area contributed by atoms with Gasteiger partial charge in [-0.3, -0.25) is 9.59 Å². The molecule has 2 aromatic rings. The van der Waals surface area contributed by atoms with Gasteiger partial charge >= 0.3 is 0 Å². The van der Waals surface area contributed by atoms with Crippen LogP contribution < -0.4 is 5.73 Å². The van der Waals surface area contributed by atoms with Gasteiger partial charge in [-0.1, -0.05) is 0 Å². The number of carbonyl (C=O) groups excluding carboxylic acids is 2. The first kappa shape index (κ1) is 16.7. The van der Waals surface area contributed by atoms with Gasteiger partial charge in [0, 0.05) is 18.0 Å². The summed E-state index contributed by atoms with van der Waals surface area (Å²) in [6, 6.07) is 3.89. The van der Waals surface area contributed by atoms with Crippen molar-refractivity contribution in [3.63, 3.8) is 0 Å². The van der Waals surface area contributed by atoms with Gasteiger partial charge in [0.05, 0.1) is 18.0 Å². The molecular formula is C17H21N3O3S. The number of aromatic nitrogens is 1. The third-order valence-electron chi connectivity index (χ3n) is 4.44. The van der Waals surface area contributed by atoms with Crippen molar-refractivity contribution >= 4 is 23.2 Å². The number of primary amides is 1. The standard InChI is InChI=1S/C17H21N3O3S/c1-10-3-5-12(16(18)22)8-20(10)15(21)7-13-9-24-17(19-13)14-6-4-11(2)23-14/h4,6,9-10,12H,3,5,7-8H2,1-2H3,(H2,18,22)/t10-,12-/m0/s1. The van der Waals surface area contributed by atoms with E-state index < -0.39 is 0 Å². The Bertz CT molecular complexity index is 752. The number of piperidine rings is 1. The van der Waals surface area contributed by atoms with Gasteiger partial charge in [0.15, 0.2) is 10.8 Å². The molecule has 0 bridgehead atoms.